The van der Waals surface area contributed by atoms with E-state index in [1.807, 2.05) is 0 Å². The van der Waals surface area contributed by atoms with Crippen molar-refractivity contribution in [3.8, 4) is 0 Å². The summed E-state index contributed by atoms with van der Waals surface area (Å²) < 4.78 is 0. The molecular weight excluding hydrogens is 216 g/mol. The number of aromatic nitrogens is 1. The lowest BCUT2D eigenvalue weighted by atomic mass is 10.0. The number of hydrogen-bond acceptors (Lipinski definition) is 3. The number of nitrogens with zero attached hydrogens (tertiary/aromatic N) is 1. The zero-order valence-electron chi connectivity index (χ0n) is 10.9. The van der Waals surface area contributed by atoms with Gasteiger partial charge in [-0.15, -0.1) is 11.3 Å². The third-order valence-electron chi connectivity index (χ3n) is 2.70. The Labute approximate surface area is 103 Å². The average molecular weight is 240 g/mol. The third-order valence-corrected chi connectivity index (χ3v) is 3.52. The summed E-state index contributed by atoms with van der Waals surface area (Å²) in [4.78, 5) is 4.52. The Bertz CT molecular complexity index is 294. The lowest BCUT2D eigenvalue weighted by molar-refractivity contribution is 0.520. The molecule has 0 spiro atoms. The van der Waals surface area contributed by atoms with E-state index in [2.05, 4.69) is 43.4 Å². The fraction of sp³-hybridized carbons (Fsp3) is 0.769. The molecule has 1 aromatic rings. The second-order valence-electron chi connectivity index (χ2n) is 4.87. The second kappa shape index (κ2) is 6.89. The largest absolute Gasteiger partial charge is 0.359 e. The Morgan fingerprint density at radius 1 is 1.31 bits per heavy atom. The maximum absolute atomic E-state index is 4.52. The minimum Gasteiger partial charge on any atom is -0.359 e. The first-order valence-electron chi connectivity index (χ1n) is 6.32. The van der Waals surface area contributed by atoms with Crippen molar-refractivity contribution in [2.75, 3.05) is 5.32 Å². The van der Waals surface area contributed by atoms with Gasteiger partial charge in [-0.2, -0.15) is 0 Å². The Balaban J connectivity index is 2.25. The lowest BCUT2D eigenvalue weighted by Crippen LogP contribution is -2.15. The van der Waals surface area contributed by atoms with E-state index in [1.165, 1.54) is 25.0 Å². The number of thiazole rings is 1. The van der Waals surface area contributed by atoms with Crippen LogP contribution >= 0.6 is 11.3 Å². The van der Waals surface area contributed by atoms with Crippen molar-refractivity contribution >= 4 is 16.5 Å². The van der Waals surface area contributed by atoms with Crippen LogP contribution in [0.5, 0.6) is 0 Å². The molecule has 3 heteroatoms. The predicted molar refractivity (Wildman–Crippen MR) is 73.3 cm³/mol. The van der Waals surface area contributed by atoms with Gasteiger partial charge in [0.05, 0.1) is 5.69 Å². The Morgan fingerprint density at radius 3 is 2.62 bits per heavy atom. The quantitative estimate of drug-likeness (QED) is 0.767. The van der Waals surface area contributed by atoms with Gasteiger partial charge in [-0.05, 0) is 25.7 Å². The van der Waals surface area contributed by atoms with E-state index < -0.39 is 0 Å². The van der Waals surface area contributed by atoms with Gasteiger partial charge < -0.3 is 5.32 Å². The first kappa shape index (κ1) is 13.5. The maximum atomic E-state index is 4.52. The van der Waals surface area contributed by atoms with Crippen LogP contribution in [0.1, 0.15) is 52.7 Å². The molecule has 0 aliphatic carbocycles. The van der Waals surface area contributed by atoms with Crippen LogP contribution in [0.3, 0.4) is 0 Å². The fourth-order valence-corrected chi connectivity index (χ4v) is 2.56. The Hall–Kier alpha value is -0.570. The fourth-order valence-electron chi connectivity index (χ4n) is 1.65. The molecule has 0 aliphatic rings. The molecule has 0 amide bonds. The molecule has 0 radical (unpaired) electrons. The molecule has 1 atom stereocenters. The van der Waals surface area contributed by atoms with Gasteiger partial charge in [-0.25, -0.2) is 4.98 Å². The average Bonchev–Trinajstić information content (AvgIpc) is 2.65. The zero-order valence-corrected chi connectivity index (χ0v) is 11.7. The summed E-state index contributed by atoms with van der Waals surface area (Å²) >= 11 is 1.72. The van der Waals surface area contributed by atoms with Gasteiger partial charge in [-0.1, -0.05) is 33.6 Å². The highest BCUT2D eigenvalue weighted by Crippen LogP contribution is 2.18. The van der Waals surface area contributed by atoms with E-state index in [0.717, 1.165) is 17.5 Å². The molecule has 1 aromatic heterocycles. The highest BCUT2D eigenvalue weighted by molar-refractivity contribution is 7.13. The van der Waals surface area contributed by atoms with Crippen molar-refractivity contribution in [2.45, 2.75) is 59.4 Å². The van der Waals surface area contributed by atoms with Crippen molar-refractivity contribution < 1.29 is 0 Å². The van der Waals surface area contributed by atoms with Gasteiger partial charge in [0.25, 0.3) is 0 Å². The summed E-state index contributed by atoms with van der Waals surface area (Å²) in [5.74, 6) is 0.818. The first-order chi connectivity index (χ1) is 7.61. The van der Waals surface area contributed by atoms with Crippen LogP contribution in [0.4, 0.5) is 5.13 Å². The van der Waals surface area contributed by atoms with E-state index in [0.29, 0.717) is 6.04 Å². The summed E-state index contributed by atoms with van der Waals surface area (Å²) in [6.45, 7) is 8.96. The molecule has 0 saturated carbocycles. The van der Waals surface area contributed by atoms with Crippen molar-refractivity contribution in [2.24, 2.45) is 5.92 Å². The number of aryl methyl sites for hydroxylation is 1. The highest BCUT2D eigenvalue weighted by Gasteiger charge is 2.05. The van der Waals surface area contributed by atoms with Crippen molar-refractivity contribution in [3.05, 3.63) is 11.1 Å². The monoisotopic (exact) mass is 240 g/mol. The summed E-state index contributed by atoms with van der Waals surface area (Å²) in [7, 11) is 0. The number of rotatable bonds is 7. The summed E-state index contributed by atoms with van der Waals surface area (Å²) in [5, 5.41) is 6.70. The molecule has 16 heavy (non-hydrogen) atoms. The lowest BCUT2D eigenvalue weighted by Gasteiger charge is -2.13. The van der Waals surface area contributed by atoms with Crippen LogP contribution < -0.4 is 5.32 Å². The minimum atomic E-state index is 0.537. The number of hydrogen-bond donors (Lipinski definition) is 1. The predicted octanol–water partition coefficient (Wildman–Crippen LogP) is 4.33. The molecule has 1 N–H and O–H groups in total. The Morgan fingerprint density at radius 2 is 2.06 bits per heavy atom. The van der Waals surface area contributed by atoms with E-state index in [4.69, 9.17) is 0 Å². The van der Waals surface area contributed by atoms with Crippen LogP contribution in [0, 0.1) is 5.92 Å². The number of nitrogens with one attached hydrogen (secondary N) is 1. The smallest absolute Gasteiger partial charge is 0.183 e. The SMILES string of the molecule is CCc1csc(NC(C)CCCC(C)C)n1. The van der Waals surface area contributed by atoms with E-state index in [9.17, 15) is 0 Å². The maximum Gasteiger partial charge on any atom is 0.183 e. The van der Waals surface area contributed by atoms with Crippen LogP contribution in [0.2, 0.25) is 0 Å². The van der Waals surface area contributed by atoms with Crippen LogP contribution in [-0.4, -0.2) is 11.0 Å². The van der Waals surface area contributed by atoms with Crippen LogP contribution in [-0.2, 0) is 6.42 Å². The molecule has 0 aliphatic heterocycles. The topological polar surface area (TPSA) is 24.9 Å². The molecule has 92 valence electrons. The molecule has 0 saturated heterocycles. The molecule has 2 nitrogen and oxygen atoms in total. The standard InChI is InChI=1S/C13H24N2S/c1-5-12-9-16-13(15-12)14-11(4)8-6-7-10(2)3/h9-11H,5-8H2,1-4H3,(H,14,15). The van der Waals surface area contributed by atoms with E-state index >= 15 is 0 Å². The molecule has 1 unspecified atom stereocenters. The summed E-state index contributed by atoms with van der Waals surface area (Å²) in [5.41, 5.74) is 1.20. The normalized spacial score (nSPS) is 13.1. The van der Waals surface area contributed by atoms with Crippen LogP contribution in [0.15, 0.2) is 5.38 Å². The molecular formula is C13H24N2S. The van der Waals surface area contributed by atoms with E-state index in [1.54, 1.807) is 11.3 Å². The van der Waals surface area contributed by atoms with Gasteiger partial charge in [0.2, 0.25) is 0 Å². The second-order valence-corrected chi connectivity index (χ2v) is 5.73. The van der Waals surface area contributed by atoms with Crippen LogP contribution in [0.25, 0.3) is 0 Å². The van der Waals surface area contributed by atoms with Gasteiger partial charge in [0, 0.05) is 11.4 Å². The van der Waals surface area contributed by atoms with Gasteiger partial charge >= 0.3 is 0 Å². The zero-order chi connectivity index (χ0) is 12.0. The minimum absolute atomic E-state index is 0.537. The Kier molecular flexibility index (Phi) is 5.81. The molecule has 0 fully saturated rings. The molecule has 0 aromatic carbocycles. The van der Waals surface area contributed by atoms with Gasteiger partial charge in [0.15, 0.2) is 5.13 Å². The third kappa shape index (κ3) is 4.97. The highest BCUT2D eigenvalue weighted by atomic mass is 32.1. The molecule has 1 rings (SSSR count). The number of anilines is 1. The van der Waals surface area contributed by atoms with Crippen molar-refractivity contribution in [1.29, 1.82) is 0 Å². The van der Waals surface area contributed by atoms with Gasteiger partial charge in [-0.3, -0.25) is 0 Å². The first-order valence-corrected chi connectivity index (χ1v) is 7.20. The van der Waals surface area contributed by atoms with Crippen molar-refractivity contribution in [3.63, 3.8) is 0 Å². The van der Waals surface area contributed by atoms with Gasteiger partial charge in [0.1, 0.15) is 0 Å². The summed E-state index contributed by atoms with van der Waals surface area (Å²) in [6.07, 6.45) is 4.89. The molecule has 1 heterocycles. The molecule has 0 bridgehead atoms. The van der Waals surface area contributed by atoms with Crippen molar-refractivity contribution in [1.82, 2.24) is 4.98 Å². The summed E-state index contributed by atoms with van der Waals surface area (Å²) in [6, 6.07) is 0.537. The van der Waals surface area contributed by atoms with E-state index in [-0.39, 0.29) is 0 Å².